The lowest BCUT2D eigenvalue weighted by molar-refractivity contribution is 0.103. The fourth-order valence-corrected chi connectivity index (χ4v) is 2.96. The second kappa shape index (κ2) is 6.41. The van der Waals surface area contributed by atoms with E-state index in [1.54, 1.807) is 24.3 Å². The van der Waals surface area contributed by atoms with Crippen molar-refractivity contribution in [3.8, 4) is 0 Å². The summed E-state index contributed by atoms with van der Waals surface area (Å²) in [4.78, 5) is 24.8. The third kappa shape index (κ3) is 3.82. The fraction of sp³-hybridized carbons (Fsp3) is 0.200. The van der Waals surface area contributed by atoms with Gasteiger partial charge in [0.1, 0.15) is 0 Å². The van der Waals surface area contributed by atoms with Gasteiger partial charge >= 0.3 is 6.03 Å². The van der Waals surface area contributed by atoms with E-state index in [0.29, 0.717) is 16.3 Å². The Kier molecular flexibility index (Phi) is 4.59. The van der Waals surface area contributed by atoms with E-state index in [-0.39, 0.29) is 5.91 Å². The summed E-state index contributed by atoms with van der Waals surface area (Å²) in [6.07, 6.45) is 0.920. The van der Waals surface area contributed by atoms with Gasteiger partial charge in [0.15, 0.2) is 0 Å². The Morgan fingerprint density at radius 3 is 2.19 bits per heavy atom. The molecule has 1 aromatic carbocycles. The summed E-state index contributed by atoms with van der Waals surface area (Å²) >= 11 is 1.49. The average Bonchev–Trinajstić information content (AvgIpc) is 2.82. The Balaban J connectivity index is 2.06. The molecule has 2 rings (SSSR count). The van der Waals surface area contributed by atoms with Crippen LogP contribution in [0.1, 0.15) is 27.0 Å². The van der Waals surface area contributed by atoms with E-state index in [4.69, 9.17) is 5.73 Å². The van der Waals surface area contributed by atoms with Crippen LogP contribution in [0.3, 0.4) is 0 Å². The van der Waals surface area contributed by atoms with Crippen LogP contribution in [-0.2, 0) is 6.42 Å². The third-order valence-corrected chi connectivity index (χ3v) is 4.13. The molecular formula is C15H17N3O2S. The minimum Gasteiger partial charge on any atom is -0.351 e. The molecular weight excluding hydrogens is 286 g/mol. The number of carbonyl (C=O) groups excluding carboxylic acids is 2. The number of amides is 3. The molecule has 0 aliphatic rings. The Labute approximate surface area is 127 Å². The first kappa shape index (κ1) is 15.1. The number of rotatable bonds is 4. The Morgan fingerprint density at radius 1 is 1.14 bits per heavy atom. The van der Waals surface area contributed by atoms with E-state index in [2.05, 4.69) is 17.6 Å². The molecule has 6 heteroatoms. The highest BCUT2D eigenvalue weighted by atomic mass is 32.1. The first-order valence-corrected chi connectivity index (χ1v) is 7.38. The average molecular weight is 303 g/mol. The summed E-state index contributed by atoms with van der Waals surface area (Å²) in [5, 5.41) is 5.29. The quantitative estimate of drug-likeness (QED) is 0.809. The van der Waals surface area contributed by atoms with Gasteiger partial charge in [0.2, 0.25) is 0 Å². The first-order valence-electron chi connectivity index (χ1n) is 6.56. The van der Waals surface area contributed by atoms with Crippen LogP contribution in [0.2, 0.25) is 0 Å². The molecule has 1 heterocycles. The number of primary amides is 1. The van der Waals surface area contributed by atoms with Crippen molar-refractivity contribution < 1.29 is 9.59 Å². The highest BCUT2D eigenvalue weighted by molar-refractivity contribution is 7.14. The van der Waals surface area contributed by atoms with Crippen LogP contribution in [0.4, 0.5) is 16.2 Å². The van der Waals surface area contributed by atoms with Gasteiger partial charge in [0, 0.05) is 16.3 Å². The summed E-state index contributed by atoms with van der Waals surface area (Å²) in [5.74, 6) is -0.126. The maximum atomic E-state index is 12.2. The van der Waals surface area contributed by atoms with Crippen molar-refractivity contribution >= 4 is 34.6 Å². The maximum absolute atomic E-state index is 12.2. The van der Waals surface area contributed by atoms with Crippen molar-refractivity contribution in [3.63, 3.8) is 0 Å². The van der Waals surface area contributed by atoms with Crippen molar-refractivity contribution in [1.82, 2.24) is 0 Å². The number of nitrogens with one attached hydrogen (secondary N) is 2. The van der Waals surface area contributed by atoms with Crippen LogP contribution < -0.4 is 16.4 Å². The summed E-state index contributed by atoms with van der Waals surface area (Å²) in [5.41, 5.74) is 7.48. The van der Waals surface area contributed by atoms with Crippen molar-refractivity contribution in [3.05, 3.63) is 45.6 Å². The number of urea groups is 1. The summed E-state index contributed by atoms with van der Waals surface area (Å²) < 4.78 is 0. The number of aryl methyl sites for hydroxylation is 2. The van der Waals surface area contributed by atoms with Gasteiger partial charge in [-0.05, 0) is 49.2 Å². The second-order valence-corrected chi connectivity index (χ2v) is 5.82. The highest BCUT2D eigenvalue weighted by Gasteiger charge is 2.11. The molecule has 0 radical (unpaired) electrons. The third-order valence-electron chi connectivity index (χ3n) is 3.04. The number of benzene rings is 1. The highest BCUT2D eigenvalue weighted by Crippen LogP contribution is 2.23. The van der Waals surface area contributed by atoms with Crippen molar-refractivity contribution in [1.29, 1.82) is 0 Å². The molecule has 5 nitrogen and oxygen atoms in total. The van der Waals surface area contributed by atoms with Gasteiger partial charge in [-0.1, -0.05) is 6.92 Å². The van der Waals surface area contributed by atoms with Crippen LogP contribution >= 0.6 is 11.3 Å². The SMILES string of the molecule is CCc1cc(C(=O)Nc2ccc(NC(N)=O)cc2)sc1C. The number of anilines is 2. The van der Waals surface area contributed by atoms with Crippen LogP contribution in [-0.4, -0.2) is 11.9 Å². The normalized spacial score (nSPS) is 10.2. The zero-order valence-electron chi connectivity index (χ0n) is 11.9. The lowest BCUT2D eigenvalue weighted by Crippen LogP contribution is -2.19. The topological polar surface area (TPSA) is 84.2 Å². The molecule has 1 aromatic heterocycles. The molecule has 0 unspecified atom stereocenters. The lowest BCUT2D eigenvalue weighted by Gasteiger charge is -2.05. The van der Waals surface area contributed by atoms with Gasteiger partial charge < -0.3 is 16.4 Å². The van der Waals surface area contributed by atoms with Gasteiger partial charge in [-0.15, -0.1) is 11.3 Å². The molecule has 110 valence electrons. The van der Waals surface area contributed by atoms with Crippen LogP contribution in [0.5, 0.6) is 0 Å². The number of carbonyl (C=O) groups is 2. The standard InChI is InChI=1S/C15H17N3O2S/c1-3-10-8-13(21-9(10)2)14(19)17-11-4-6-12(7-5-11)18-15(16)20/h4-8H,3H2,1-2H3,(H,17,19)(H3,16,18,20). The molecule has 0 aliphatic carbocycles. The zero-order valence-corrected chi connectivity index (χ0v) is 12.7. The van der Waals surface area contributed by atoms with Gasteiger partial charge in [-0.25, -0.2) is 4.79 Å². The van der Waals surface area contributed by atoms with Gasteiger partial charge in [0.05, 0.1) is 4.88 Å². The summed E-state index contributed by atoms with van der Waals surface area (Å²) in [6, 6.07) is 8.09. The Morgan fingerprint density at radius 2 is 1.71 bits per heavy atom. The Bertz CT molecular complexity index is 662. The van der Waals surface area contributed by atoms with Crippen molar-refractivity contribution in [2.45, 2.75) is 20.3 Å². The van der Waals surface area contributed by atoms with E-state index in [1.165, 1.54) is 21.8 Å². The minimum atomic E-state index is -0.618. The van der Waals surface area contributed by atoms with Gasteiger partial charge in [-0.3, -0.25) is 4.79 Å². The number of hydrogen-bond acceptors (Lipinski definition) is 3. The number of thiophene rings is 1. The van der Waals surface area contributed by atoms with E-state index in [1.807, 2.05) is 13.0 Å². The van der Waals surface area contributed by atoms with Crippen LogP contribution in [0.25, 0.3) is 0 Å². The monoisotopic (exact) mass is 303 g/mol. The molecule has 4 N–H and O–H groups in total. The Hall–Kier alpha value is -2.34. The van der Waals surface area contributed by atoms with E-state index >= 15 is 0 Å². The molecule has 0 bridgehead atoms. The molecule has 0 atom stereocenters. The first-order chi connectivity index (χ1) is 9.99. The second-order valence-electron chi connectivity index (χ2n) is 4.57. The predicted molar refractivity (Wildman–Crippen MR) is 86.0 cm³/mol. The maximum Gasteiger partial charge on any atom is 0.316 e. The molecule has 0 spiro atoms. The predicted octanol–water partition coefficient (Wildman–Crippen LogP) is 3.36. The van der Waals surface area contributed by atoms with E-state index < -0.39 is 6.03 Å². The van der Waals surface area contributed by atoms with Crippen LogP contribution in [0, 0.1) is 6.92 Å². The molecule has 21 heavy (non-hydrogen) atoms. The fourth-order valence-electron chi connectivity index (χ4n) is 1.95. The number of hydrogen-bond donors (Lipinski definition) is 3. The molecule has 3 amide bonds. The van der Waals surface area contributed by atoms with E-state index in [9.17, 15) is 9.59 Å². The molecule has 0 saturated carbocycles. The zero-order chi connectivity index (χ0) is 15.4. The molecule has 0 saturated heterocycles. The number of nitrogens with two attached hydrogens (primary N) is 1. The van der Waals surface area contributed by atoms with Crippen molar-refractivity contribution in [2.75, 3.05) is 10.6 Å². The van der Waals surface area contributed by atoms with Gasteiger partial charge in [0.25, 0.3) is 5.91 Å². The molecule has 0 fully saturated rings. The molecule has 2 aromatic rings. The summed E-state index contributed by atoms with van der Waals surface area (Å²) in [7, 11) is 0. The van der Waals surface area contributed by atoms with E-state index in [0.717, 1.165) is 6.42 Å². The van der Waals surface area contributed by atoms with Crippen molar-refractivity contribution in [2.24, 2.45) is 5.73 Å². The molecule has 0 aliphatic heterocycles. The lowest BCUT2D eigenvalue weighted by atomic mass is 10.2. The smallest absolute Gasteiger partial charge is 0.316 e. The minimum absolute atomic E-state index is 0.126. The van der Waals surface area contributed by atoms with Crippen LogP contribution in [0.15, 0.2) is 30.3 Å². The summed E-state index contributed by atoms with van der Waals surface area (Å²) in [6.45, 7) is 4.09. The van der Waals surface area contributed by atoms with Gasteiger partial charge in [-0.2, -0.15) is 0 Å². The largest absolute Gasteiger partial charge is 0.351 e.